The summed E-state index contributed by atoms with van der Waals surface area (Å²) in [7, 11) is 0. The van der Waals surface area contributed by atoms with Crippen LogP contribution in [0.4, 0.5) is 5.69 Å². The summed E-state index contributed by atoms with van der Waals surface area (Å²) in [4.78, 5) is 13.6. The lowest BCUT2D eigenvalue weighted by atomic mass is 10.2. The van der Waals surface area contributed by atoms with Gasteiger partial charge in [-0.15, -0.1) is 0 Å². The number of anilines is 1. The lowest BCUT2D eigenvalue weighted by Crippen LogP contribution is -2.32. The second kappa shape index (κ2) is 6.66. The SMILES string of the molecule is CCC(=O)N(CCCN)c1ccc(Br)cc1. The molecule has 16 heavy (non-hydrogen) atoms. The predicted molar refractivity (Wildman–Crippen MR) is 70.5 cm³/mol. The Balaban J connectivity index is 2.82. The first kappa shape index (κ1) is 13.2. The Bertz CT molecular complexity index is 337. The Morgan fingerprint density at radius 2 is 2.00 bits per heavy atom. The van der Waals surface area contributed by atoms with Gasteiger partial charge in [0.2, 0.25) is 5.91 Å². The zero-order chi connectivity index (χ0) is 12.0. The Kier molecular flexibility index (Phi) is 5.49. The largest absolute Gasteiger partial charge is 0.330 e. The van der Waals surface area contributed by atoms with Gasteiger partial charge in [0.1, 0.15) is 0 Å². The highest BCUT2D eigenvalue weighted by atomic mass is 79.9. The number of carbonyl (C=O) groups excluding carboxylic acids is 1. The first-order valence-electron chi connectivity index (χ1n) is 5.45. The van der Waals surface area contributed by atoms with Crippen LogP contribution in [-0.2, 0) is 4.79 Å². The molecule has 88 valence electrons. The van der Waals surface area contributed by atoms with Crippen molar-refractivity contribution < 1.29 is 4.79 Å². The normalized spacial score (nSPS) is 10.2. The van der Waals surface area contributed by atoms with E-state index in [0.717, 1.165) is 16.6 Å². The average Bonchev–Trinajstić information content (AvgIpc) is 2.31. The predicted octanol–water partition coefficient (Wildman–Crippen LogP) is 2.54. The van der Waals surface area contributed by atoms with Gasteiger partial charge in [-0.2, -0.15) is 0 Å². The van der Waals surface area contributed by atoms with Gasteiger partial charge in [-0.05, 0) is 37.2 Å². The van der Waals surface area contributed by atoms with E-state index < -0.39 is 0 Å². The number of amides is 1. The van der Waals surface area contributed by atoms with Crippen molar-refractivity contribution in [3.8, 4) is 0 Å². The van der Waals surface area contributed by atoms with Crippen molar-refractivity contribution in [2.75, 3.05) is 18.0 Å². The summed E-state index contributed by atoms with van der Waals surface area (Å²) in [6, 6.07) is 7.75. The zero-order valence-corrected chi connectivity index (χ0v) is 11.0. The fraction of sp³-hybridized carbons (Fsp3) is 0.417. The first-order valence-corrected chi connectivity index (χ1v) is 6.24. The van der Waals surface area contributed by atoms with Crippen LogP contribution < -0.4 is 10.6 Å². The third-order valence-electron chi connectivity index (χ3n) is 2.33. The van der Waals surface area contributed by atoms with Crippen molar-refractivity contribution >= 4 is 27.5 Å². The molecular weight excluding hydrogens is 268 g/mol. The van der Waals surface area contributed by atoms with Crippen LogP contribution in [-0.4, -0.2) is 19.0 Å². The van der Waals surface area contributed by atoms with E-state index in [2.05, 4.69) is 15.9 Å². The maximum atomic E-state index is 11.8. The van der Waals surface area contributed by atoms with Crippen LogP contribution >= 0.6 is 15.9 Å². The van der Waals surface area contributed by atoms with Gasteiger partial charge in [0.15, 0.2) is 0 Å². The lowest BCUT2D eigenvalue weighted by molar-refractivity contribution is -0.118. The Morgan fingerprint density at radius 3 is 2.50 bits per heavy atom. The highest BCUT2D eigenvalue weighted by molar-refractivity contribution is 9.10. The highest BCUT2D eigenvalue weighted by Crippen LogP contribution is 2.19. The molecule has 0 radical (unpaired) electrons. The van der Waals surface area contributed by atoms with E-state index in [9.17, 15) is 4.79 Å². The Labute approximate surface area is 105 Å². The molecule has 0 bridgehead atoms. The molecule has 1 aromatic carbocycles. The summed E-state index contributed by atoms with van der Waals surface area (Å²) in [6.45, 7) is 3.16. The Morgan fingerprint density at radius 1 is 1.38 bits per heavy atom. The maximum absolute atomic E-state index is 11.8. The second-order valence-electron chi connectivity index (χ2n) is 3.52. The highest BCUT2D eigenvalue weighted by Gasteiger charge is 2.12. The summed E-state index contributed by atoms with van der Waals surface area (Å²) in [6.07, 6.45) is 1.34. The van der Waals surface area contributed by atoms with E-state index in [0.29, 0.717) is 19.5 Å². The third-order valence-corrected chi connectivity index (χ3v) is 2.86. The smallest absolute Gasteiger partial charge is 0.226 e. The number of hydrogen-bond acceptors (Lipinski definition) is 2. The van der Waals surface area contributed by atoms with E-state index in [1.165, 1.54) is 0 Å². The number of carbonyl (C=O) groups is 1. The van der Waals surface area contributed by atoms with E-state index in [1.54, 1.807) is 4.90 Å². The van der Waals surface area contributed by atoms with Crippen LogP contribution in [0.15, 0.2) is 28.7 Å². The summed E-state index contributed by atoms with van der Waals surface area (Å²) in [5.41, 5.74) is 6.41. The minimum absolute atomic E-state index is 0.135. The van der Waals surface area contributed by atoms with Crippen LogP contribution in [0, 0.1) is 0 Å². The molecule has 0 unspecified atom stereocenters. The van der Waals surface area contributed by atoms with Crippen LogP contribution in [0.2, 0.25) is 0 Å². The number of nitrogens with two attached hydrogens (primary N) is 1. The van der Waals surface area contributed by atoms with Gasteiger partial charge in [-0.1, -0.05) is 22.9 Å². The Hall–Kier alpha value is -0.870. The molecule has 1 amide bonds. The molecule has 2 N–H and O–H groups in total. The van der Waals surface area contributed by atoms with Crippen molar-refractivity contribution in [2.24, 2.45) is 5.73 Å². The summed E-state index contributed by atoms with van der Waals surface area (Å²) >= 11 is 3.38. The van der Waals surface area contributed by atoms with Gasteiger partial charge in [-0.25, -0.2) is 0 Å². The molecule has 0 heterocycles. The lowest BCUT2D eigenvalue weighted by Gasteiger charge is -2.22. The molecule has 1 rings (SSSR count). The van der Waals surface area contributed by atoms with Crippen molar-refractivity contribution in [2.45, 2.75) is 19.8 Å². The summed E-state index contributed by atoms with van der Waals surface area (Å²) in [5, 5.41) is 0. The van der Waals surface area contributed by atoms with E-state index >= 15 is 0 Å². The van der Waals surface area contributed by atoms with Crippen LogP contribution in [0.3, 0.4) is 0 Å². The summed E-state index contributed by atoms with van der Waals surface area (Å²) in [5.74, 6) is 0.135. The molecule has 0 aromatic heterocycles. The number of halogens is 1. The van der Waals surface area contributed by atoms with Gasteiger partial charge in [0, 0.05) is 23.1 Å². The molecule has 4 heteroatoms. The number of nitrogens with zero attached hydrogens (tertiary/aromatic N) is 1. The summed E-state index contributed by atoms with van der Waals surface area (Å²) < 4.78 is 1.01. The molecule has 0 saturated carbocycles. The molecular formula is C12H17BrN2O. The minimum Gasteiger partial charge on any atom is -0.330 e. The third kappa shape index (κ3) is 3.61. The van der Waals surface area contributed by atoms with Crippen molar-refractivity contribution in [3.05, 3.63) is 28.7 Å². The van der Waals surface area contributed by atoms with Gasteiger partial charge in [-0.3, -0.25) is 4.79 Å². The number of benzene rings is 1. The fourth-order valence-corrected chi connectivity index (χ4v) is 1.72. The molecule has 0 aliphatic heterocycles. The molecule has 1 aromatic rings. The van der Waals surface area contributed by atoms with E-state index in [4.69, 9.17) is 5.73 Å². The van der Waals surface area contributed by atoms with Gasteiger partial charge in [0.25, 0.3) is 0 Å². The van der Waals surface area contributed by atoms with Crippen molar-refractivity contribution in [3.63, 3.8) is 0 Å². The molecule has 0 fully saturated rings. The number of rotatable bonds is 5. The van der Waals surface area contributed by atoms with Crippen LogP contribution in [0.5, 0.6) is 0 Å². The topological polar surface area (TPSA) is 46.3 Å². The zero-order valence-electron chi connectivity index (χ0n) is 9.45. The fourth-order valence-electron chi connectivity index (χ4n) is 1.46. The molecule has 0 spiro atoms. The molecule has 0 saturated heterocycles. The van der Waals surface area contributed by atoms with Gasteiger partial charge in [0.05, 0.1) is 0 Å². The average molecular weight is 285 g/mol. The quantitative estimate of drug-likeness (QED) is 0.903. The first-order chi connectivity index (χ1) is 7.69. The van der Waals surface area contributed by atoms with Crippen molar-refractivity contribution in [1.29, 1.82) is 0 Å². The van der Waals surface area contributed by atoms with Crippen LogP contribution in [0.25, 0.3) is 0 Å². The maximum Gasteiger partial charge on any atom is 0.226 e. The van der Waals surface area contributed by atoms with Gasteiger partial charge < -0.3 is 10.6 Å². The standard InChI is InChI=1S/C12H17BrN2O/c1-2-12(16)15(9-3-8-14)11-6-4-10(13)5-7-11/h4-7H,2-3,8-9,14H2,1H3. The van der Waals surface area contributed by atoms with E-state index in [1.807, 2.05) is 31.2 Å². The van der Waals surface area contributed by atoms with E-state index in [-0.39, 0.29) is 5.91 Å². The number of hydrogen-bond donors (Lipinski definition) is 1. The molecule has 0 atom stereocenters. The molecule has 3 nitrogen and oxygen atoms in total. The molecule has 0 aliphatic rings. The van der Waals surface area contributed by atoms with Crippen LogP contribution in [0.1, 0.15) is 19.8 Å². The monoisotopic (exact) mass is 284 g/mol. The second-order valence-corrected chi connectivity index (χ2v) is 4.43. The van der Waals surface area contributed by atoms with Crippen molar-refractivity contribution in [1.82, 2.24) is 0 Å². The molecule has 0 aliphatic carbocycles. The van der Waals surface area contributed by atoms with Gasteiger partial charge >= 0.3 is 0 Å². The minimum atomic E-state index is 0.135.